The maximum atomic E-state index is 4.10. The summed E-state index contributed by atoms with van der Waals surface area (Å²) < 4.78 is 0.768. The van der Waals surface area contributed by atoms with E-state index in [1.807, 2.05) is 12.1 Å². The standard InChI is InChI=1S/C8H5BrN4S/c9-6-3-8(13-5-11-6)14-7-1-2-10-4-12-7/h1-5H. The molecule has 0 saturated heterocycles. The zero-order valence-electron chi connectivity index (χ0n) is 6.96. The maximum absolute atomic E-state index is 4.10. The molecule has 0 saturated carbocycles. The van der Waals surface area contributed by atoms with Crippen molar-refractivity contribution >= 4 is 27.7 Å². The number of rotatable bonds is 2. The molecule has 0 aliphatic heterocycles. The van der Waals surface area contributed by atoms with Crippen LogP contribution in [0.2, 0.25) is 0 Å². The Morgan fingerprint density at radius 2 is 1.93 bits per heavy atom. The molecule has 2 aromatic heterocycles. The highest BCUT2D eigenvalue weighted by Crippen LogP contribution is 2.24. The van der Waals surface area contributed by atoms with Crippen molar-refractivity contribution in [2.75, 3.05) is 0 Å². The summed E-state index contributed by atoms with van der Waals surface area (Å²) in [6.45, 7) is 0. The van der Waals surface area contributed by atoms with Gasteiger partial charge >= 0.3 is 0 Å². The van der Waals surface area contributed by atoms with Crippen molar-refractivity contribution in [1.82, 2.24) is 19.9 Å². The van der Waals surface area contributed by atoms with Gasteiger partial charge in [0.1, 0.15) is 27.3 Å². The molecule has 0 aliphatic carbocycles. The summed E-state index contributed by atoms with van der Waals surface area (Å²) >= 11 is 4.75. The molecule has 0 unspecified atom stereocenters. The predicted octanol–water partition coefficient (Wildman–Crippen LogP) is 2.18. The van der Waals surface area contributed by atoms with E-state index >= 15 is 0 Å². The fourth-order valence-corrected chi connectivity index (χ4v) is 1.99. The van der Waals surface area contributed by atoms with Crippen molar-refractivity contribution in [3.63, 3.8) is 0 Å². The zero-order valence-corrected chi connectivity index (χ0v) is 9.36. The summed E-state index contributed by atoms with van der Waals surface area (Å²) in [5.74, 6) is 0. The second-order valence-electron chi connectivity index (χ2n) is 2.33. The van der Waals surface area contributed by atoms with Gasteiger partial charge in [0.15, 0.2) is 0 Å². The Hall–Kier alpha value is -1.01. The average Bonchev–Trinajstić information content (AvgIpc) is 2.19. The van der Waals surface area contributed by atoms with E-state index in [9.17, 15) is 0 Å². The number of aromatic nitrogens is 4. The van der Waals surface area contributed by atoms with Crippen LogP contribution in [-0.2, 0) is 0 Å². The predicted molar refractivity (Wildman–Crippen MR) is 55.9 cm³/mol. The Morgan fingerprint density at radius 3 is 2.64 bits per heavy atom. The fraction of sp³-hybridized carbons (Fsp3) is 0. The molecule has 2 aromatic rings. The molecule has 0 bridgehead atoms. The first kappa shape index (κ1) is 9.54. The molecule has 0 aliphatic rings. The van der Waals surface area contributed by atoms with E-state index in [-0.39, 0.29) is 0 Å². The number of hydrogen-bond donors (Lipinski definition) is 0. The van der Waals surface area contributed by atoms with Crippen LogP contribution in [0.25, 0.3) is 0 Å². The lowest BCUT2D eigenvalue weighted by Crippen LogP contribution is -1.85. The molecule has 2 rings (SSSR count). The first-order chi connectivity index (χ1) is 6.84. The van der Waals surface area contributed by atoms with E-state index in [1.165, 1.54) is 24.4 Å². The average molecular weight is 269 g/mol. The molecule has 0 N–H and O–H groups in total. The Labute approximate surface area is 93.4 Å². The minimum Gasteiger partial charge on any atom is -0.245 e. The maximum Gasteiger partial charge on any atom is 0.118 e. The van der Waals surface area contributed by atoms with Crippen molar-refractivity contribution in [3.8, 4) is 0 Å². The minimum atomic E-state index is 0.768. The van der Waals surface area contributed by atoms with Crippen LogP contribution in [0.3, 0.4) is 0 Å². The topological polar surface area (TPSA) is 51.6 Å². The van der Waals surface area contributed by atoms with E-state index in [2.05, 4.69) is 35.9 Å². The molecule has 6 heteroatoms. The van der Waals surface area contributed by atoms with Gasteiger partial charge in [-0.2, -0.15) is 0 Å². The van der Waals surface area contributed by atoms with Crippen LogP contribution in [0.1, 0.15) is 0 Å². The third-order valence-electron chi connectivity index (χ3n) is 1.37. The van der Waals surface area contributed by atoms with Gasteiger partial charge < -0.3 is 0 Å². The molecule has 14 heavy (non-hydrogen) atoms. The van der Waals surface area contributed by atoms with E-state index in [1.54, 1.807) is 6.20 Å². The SMILES string of the molecule is Brc1cc(Sc2ccncn2)ncn1. The fourth-order valence-electron chi connectivity index (χ4n) is 0.819. The summed E-state index contributed by atoms with van der Waals surface area (Å²) in [5.41, 5.74) is 0. The lowest BCUT2D eigenvalue weighted by molar-refractivity contribution is 1.01. The third kappa shape index (κ3) is 2.49. The van der Waals surface area contributed by atoms with Crippen LogP contribution in [-0.4, -0.2) is 19.9 Å². The van der Waals surface area contributed by atoms with Gasteiger partial charge in [0.25, 0.3) is 0 Å². The highest BCUT2D eigenvalue weighted by atomic mass is 79.9. The van der Waals surface area contributed by atoms with E-state index in [0.29, 0.717) is 0 Å². The highest BCUT2D eigenvalue weighted by Gasteiger charge is 2.00. The van der Waals surface area contributed by atoms with E-state index < -0.39 is 0 Å². The van der Waals surface area contributed by atoms with Gasteiger partial charge in [0.05, 0.1) is 0 Å². The smallest absolute Gasteiger partial charge is 0.118 e. The quantitative estimate of drug-likeness (QED) is 0.782. The van der Waals surface area contributed by atoms with Gasteiger partial charge in [0, 0.05) is 12.3 Å². The van der Waals surface area contributed by atoms with Crippen molar-refractivity contribution in [3.05, 3.63) is 35.6 Å². The molecule has 0 atom stereocenters. The third-order valence-corrected chi connectivity index (χ3v) is 2.69. The van der Waals surface area contributed by atoms with Gasteiger partial charge in [-0.1, -0.05) is 0 Å². The summed E-state index contributed by atoms with van der Waals surface area (Å²) in [4.78, 5) is 16.0. The lowest BCUT2D eigenvalue weighted by Gasteiger charge is -1.98. The molecule has 0 spiro atoms. The van der Waals surface area contributed by atoms with Crippen LogP contribution in [0.5, 0.6) is 0 Å². The van der Waals surface area contributed by atoms with Crippen molar-refractivity contribution in [2.45, 2.75) is 10.1 Å². The van der Waals surface area contributed by atoms with Crippen LogP contribution < -0.4 is 0 Å². The van der Waals surface area contributed by atoms with Crippen LogP contribution in [0.15, 0.2) is 45.6 Å². The summed E-state index contributed by atoms with van der Waals surface area (Å²) in [7, 11) is 0. The summed E-state index contributed by atoms with van der Waals surface area (Å²) in [6, 6.07) is 3.67. The van der Waals surface area contributed by atoms with Gasteiger partial charge in [-0.3, -0.25) is 0 Å². The Kier molecular flexibility index (Phi) is 3.05. The molecule has 2 heterocycles. The van der Waals surface area contributed by atoms with Crippen LogP contribution in [0.4, 0.5) is 0 Å². The van der Waals surface area contributed by atoms with E-state index in [0.717, 1.165) is 14.7 Å². The first-order valence-corrected chi connectivity index (χ1v) is 5.37. The molecule has 0 aromatic carbocycles. The van der Waals surface area contributed by atoms with Crippen molar-refractivity contribution in [1.29, 1.82) is 0 Å². The van der Waals surface area contributed by atoms with Crippen molar-refractivity contribution in [2.24, 2.45) is 0 Å². The summed E-state index contributed by atoms with van der Waals surface area (Å²) in [5, 5.41) is 1.72. The number of halogens is 1. The second-order valence-corrected chi connectivity index (χ2v) is 4.18. The van der Waals surface area contributed by atoms with Crippen molar-refractivity contribution < 1.29 is 0 Å². The second kappa shape index (κ2) is 4.47. The normalized spacial score (nSPS) is 10.1. The molecule has 70 valence electrons. The highest BCUT2D eigenvalue weighted by molar-refractivity contribution is 9.10. The van der Waals surface area contributed by atoms with Gasteiger partial charge in [-0.15, -0.1) is 0 Å². The lowest BCUT2D eigenvalue weighted by atomic mass is 10.7. The van der Waals surface area contributed by atoms with E-state index in [4.69, 9.17) is 0 Å². The zero-order chi connectivity index (χ0) is 9.80. The molecule has 0 fully saturated rings. The Morgan fingerprint density at radius 1 is 1.07 bits per heavy atom. The molecular formula is C8H5BrN4S. The Balaban J connectivity index is 2.19. The van der Waals surface area contributed by atoms with Gasteiger partial charge in [-0.25, -0.2) is 19.9 Å². The van der Waals surface area contributed by atoms with Gasteiger partial charge in [0.2, 0.25) is 0 Å². The Bertz CT molecular complexity index is 423. The molecule has 0 amide bonds. The van der Waals surface area contributed by atoms with Gasteiger partial charge in [-0.05, 0) is 33.8 Å². The summed E-state index contributed by atoms with van der Waals surface area (Å²) in [6.07, 6.45) is 4.72. The molecular weight excluding hydrogens is 264 g/mol. The van der Waals surface area contributed by atoms with Crippen LogP contribution >= 0.6 is 27.7 Å². The molecule has 4 nitrogen and oxygen atoms in total. The molecule has 0 radical (unpaired) electrons. The number of hydrogen-bond acceptors (Lipinski definition) is 5. The minimum absolute atomic E-state index is 0.768. The number of nitrogens with zero attached hydrogens (tertiary/aromatic N) is 4. The first-order valence-electron chi connectivity index (χ1n) is 3.76. The monoisotopic (exact) mass is 268 g/mol. The largest absolute Gasteiger partial charge is 0.245 e. The van der Waals surface area contributed by atoms with Crippen LogP contribution in [0, 0.1) is 0 Å².